The standard InChI is InChI=1S/C19H25N3O4S/c1-13-5-2-3-6-15(13)26-10-8-20-17(23)11-14-12-27-19(21-14)22-18(24)16-7-4-9-25-16/h4,7,9,12-13,15H,2-3,5-6,8,10-11H2,1H3,(H,20,23)(H,21,22,24)/t13-,15-/m1/s1. The molecule has 7 nitrogen and oxygen atoms in total. The maximum atomic E-state index is 12.0. The Kier molecular flexibility index (Phi) is 7.00. The molecule has 2 N–H and O–H groups in total. The number of aromatic nitrogens is 1. The summed E-state index contributed by atoms with van der Waals surface area (Å²) in [6.45, 7) is 3.25. The Morgan fingerprint density at radius 1 is 1.37 bits per heavy atom. The average Bonchev–Trinajstić information content (AvgIpc) is 3.32. The molecule has 0 spiro atoms. The first kappa shape index (κ1) is 19.6. The lowest BCUT2D eigenvalue weighted by Crippen LogP contribution is -2.32. The highest BCUT2D eigenvalue weighted by Crippen LogP contribution is 2.26. The molecule has 0 aliphatic heterocycles. The first-order valence-corrected chi connectivity index (χ1v) is 10.2. The minimum absolute atomic E-state index is 0.107. The zero-order valence-corrected chi connectivity index (χ0v) is 16.2. The maximum absolute atomic E-state index is 12.0. The molecule has 1 aliphatic carbocycles. The van der Waals surface area contributed by atoms with Gasteiger partial charge < -0.3 is 14.5 Å². The molecule has 0 bridgehead atoms. The van der Waals surface area contributed by atoms with Crippen molar-refractivity contribution in [1.29, 1.82) is 0 Å². The Labute approximate surface area is 162 Å². The van der Waals surface area contributed by atoms with Gasteiger partial charge in [0.2, 0.25) is 5.91 Å². The van der Waals surface area contributed by atoms with E-state index < -0.39 is 0 Å². The molecular weight excluding hydrogens is 366 g/mol. The van der Waals surface area contributed by atoms with E-state index in [9.17, 15) is 9.59 Å². The molecule has 0 saturated heterocycles. The Bertz CT molecular complexity index is 744. The van der Waals surface area contributed by atoms with E-state index in [1.807, 2.05) is 0 Å². The first-order valence-electron chi connectivity index (χ1n) is 9.29. The molecule has 1 saturated carbocycles. The van der Waals surface area contributed by atoms with Gasteiger partial charge in [-0.15, -0.1) is 11.3 Å². The minimum Gasteiger partial charge on any atom is -0.459 e. The van der Waals surface area contributed by atoms with Gasteiger partial charge in [-0.3, -0.25) is 14.9 Å². The summed E-state index contributed by atoms with van der Waals surface area (Å²) in [5.74, 6) is 0.347. The van der Waals surface area contributed by atoms with Crippen molar-refractivity contribution in [3.05, 3.63) is 35.2 Å². The van der Waals surface area contributed by atoms with Crippen LogP contribution in [-0.2, 0) is 16.0 Å². The predicted molar refractivity (Wildman–Crippen MR) is 103 cm³/mol. The number of thiazole rings is 1. The van der Waals surface area contributed by atoms with Gasteiger partial charge in [-0.1, -0.05) is 19.8 Å². The fraction of sp³-hybridized carbons (Fsp3) is 0.526. The lowest BCUT2D eigenvalue weighted by molar-refractivity contribution is -0.121. The molecular formula is C19H25N3O4S. The SMILES string of the molecule is C[C@@H]1CCCC[C@H]1OCCNC(=O)Cc1csc(NC(=O)c2ccco2)n1. The molecule has 1 fully saturated rings. The number of anilines is 1. The van der Waals surface area contributed by atoms with Gasteiger partial charge in [-0.2, -0.15) is 0 Å². The van der Waals surface area contributed by atoms with Crippen LogP contribution in [0.5, 0.6) is 0 Å². The summed E-state index contributed by atoms with van der Waals surface area (Å²) in [6.07, 6.45) is 6.77. The third-order valence-corrected chi connectivity index (χ3v) is 5.45. The average molecular weight is 391 g/mol. The van der Waals surface area contributed by atoms with E-state index in [1.165, 1.54) is 36.9 Å². The van der Waals surface area contributed by atoms with Gasteiger partial charge in [0.05, 0.1) is 31.1 Å². The van der Waals surface area contributed by atoms with Crippen molar-refractivity contribution in [1.82, 2.24) is 10.3 Å². The number of furan rings is 1. The third-order valence-electron chi connectivity index (χ3n) is 4.65. The summed E-state index contributed by atoms with van der Waals surface area (Å²) in [6, 6.07) is 3.22. The van der Waals surface area contributed by atoms with Gasteiger partial charge in [-0.25, -0.2) is 4.98 Å². The van der Waals surface area contributed by atoms with Crippen molar-refractivity contribution in [2.45, 2.75) is 45.1 Å². The van der Waals surface area contributed by atoms with Crippen LogP contribution in [0.2, 0.25) is 0 Å². The minimum atomic E-state index is -0.362. The summed E-state index contributed by atoms with van der Waals surface area (Å²) in [4.78, 5) is 28.2. The fourth-order valence-corrected chi connectivity index (χ4v) is 3.87. The lowest BCUT2D eigenvalue weighted by atomic mass is 9.88. The van der Waals surface area contributed by atoms with Crippen LogP contribution in [0.15, 0.2) is 28.2 Å². The molecule has 2 aromatic heterocycles. The number of carbonyl (C=O) groups is 2. The molecule has 2 heterocycles. The van der Waals surface area contributed by atoms with Gasteiger partial charge in [0.15, 0.2) is 10.9 Å². The van der Waals surface area contributed by atoms with Gasteiger partial charge in [-0.05, 0) is 30.9 Å². The highest BCUT2D eigenvalue weighted by Gasteiger charge is 2.21. The van der Waals surface area contributed by atoms with Crippen molar-refractivity contribution in [2.75, 3.05) is 18.5 Å². The van der Waals surface area contributed by atoms with Crippen molar-refractivity contribution in [2.24, 2.45) is 5.92 Å². The van der Waals surface area contributed by atoms with Crippen LogP contribution < -0.4 is 10.6 Å². The normalized spacial score (nSPS) is 19.6. The van der Waals surface area contributed by atoms with E-state index >= 15 is 0 Å². The first-order chi connectivity index (χ1) is 13.1. The van der Waals surface area contributed by atoms with Crippen LogP contribution >= 0.6 is 11.3 Å². The molecule has 0 radical (unpaired) electrons. The van der Waals surface area contributed by atoms with Crippen molar-refractivity contribution < 1.29 is 18.7 Å². The molecule has 8 heteroatoms. The maximum Gasteiger partial charge on any atom is 0.293 e. The van der Waals surface area contributed by atoms with Crippen molar-refractivity contribution in [3.63, 3.8) is 0 Å². The Morgan fingerprint density at radius 2 is 2.22 bits per heavy atom. The van der Waals surface area contributed by atoms with E-state index in [2.05, 4.69) is 22.5 Å². The quantitative estimate of drug-likeness (QED) is 0.674. The van der Waals surface area contributed by atoms with Crippen LogP contribution in [-0.4, -0.2) is 36.1 Å². The Hall–Kier alpha value is -2.19. The summed E-state index contributed by atoms with van der Waals surface area (Å²) >= 11 is 1.28. The van der Waals surface area contributed by atoms with E-state index in [0.717, 1.165) is 6.42 Å². The van der Waals surface area contributed by atoms with E-state index in [0.29, 0.717) is 36.0 Å². The molecule has 1 aliphatic rings. The van der Waals surface area contributed by atoms with Crippen LogP contribution in [0.25, 0.3) is 0 Å². The monoisotopic (exact) mass is 391 g/mol. The van der Waals surface area contributed by atoms with E-state index in [1.54, 1.807) is 17.5 Å². The lowest BCUT2D eigenvalue weighted by Gasteiger charge is -2.28. The van der Waals surface area contributed by atoms with Crippen LogP contribution in [0, 0.1) is 5.92 Å². The van der Waals surface area contributed by atoms with Crippen LogP contribution in [0.4, 0.5) is 5.13 Å². The molecule has 2 atom stereocenters. The second-order valence-corrected chi connectivity index (χ2v) is 7.63. The number of rotatable bonds is 8. The number of nitrogens with zero attached hydrogens (tertiary/aromatic N) is 1. The summed E-state index contributed by atoms with van der Waals surface area (Å²) < 4.78 is 10.9. The number of carbonyl (C=O) groups excluding carboxylic acids is 2. The second kappa shape index (κ2) is 9.66. The molecule has 0 unspecified atom stereocenters. The molecule has 3 rings (SSSR count). The van der Waals surface area contributed by atoms with E-state index in [-0.39, 0.29) is 24.0 Å². The Balaban J connectivity index is 1.36. The molecule has 2 amide bonds. The fourth-order valence-electron chi connectivity index (χ4n) is 3.17. The number of hydrogen-bond acceptors (Lipinski definition) is 6. The largest absolute Gasteiger partial charge is 0.459 e. The van der Waals surface area contributed by atoms with Gasteiger partial charge in [0.1, 0.15) is 0 Å². The van der Waals surface area contributed by atoms with Gasteiger partial charge >= 0.3 is 0 Å². The zero-order valence-electron chi connectivity index (χ0n) is 15.4. The molecule has 0 aromatic carbocycles. The number of amides is 2. The number of hydrogen-bond donors (Lipinski definition) is 2. The predicted octanol–water partition coefficient (Wildman–Crippen LogP) is 3.24. The van der Waals surface area contributed by atoms with Crippen molar-refractivity contribution in [3.8, 4) is 0 Å². The number of nitrogens with one attached hydrogen (secondary N) is 2. The van der Waals surface area contributed by atoms with Gasteiger partial charge in [0.25, 0.3) is 5.91 Å². The Morgan fingerprint density at radius 3 is 3.00 bits per heavy atom. The highest BCUT2D eigenvalue weighted by atomic mass is 32.1. The smallest absolute Gasteiger partial charge is 0.293 e. The number of ether oxygens (including phenoxy) is 1. The molecule has 2 aromatic rings. The van der Waals surface area contributed by atoms with Gasteiger partial charge in [0, 0.05) is 11.9 Å². The van der Waals surface area contributed by atoms with Crippen LogP contribution in [0.1, 0.15) is 48.9 Å². The molecule has 27 heavy (non-hydrogen) atoms. The van der Waals surface area contributed by atoms with Crippen LogP contribution in [0.3, 0.4) is 0 Å². The van der Waals surface area contributed by atoms with E-state index in [4.69, 9.17) is 9.15 Å². The zero-order chi connectivity index (χ0) is 19.1. The van der Waals surface area contributed by atoms with Crippen molar-refractivity contribution >= 4 is 28.3 Å². The highest BCUT2D eigenvalue weighted by molar-refractivity contribution is 7.14. The summed E-state index contributed by atoms with van der Waals surface area (Å²) in [5, 5.41) is 7.71. The summed E-state index contributed by atoms with van der Waals surface area (Å²) in [7, 11) is 0. The topological polar surface area (TPSA) is 93.5 Å². The third kappa shape index (κ3) is 5.90. The second-order valence-electron chi connectivity index (χ2n) is 6.77. The molecule has 146 valence electrons. The summed E-state index contributed by atoms with van der Waals surface area (Å²) in [5.41, 5.74) is 0.620.